The van der Waals surface area contributed by atoms with Gasteiger partial charge in [-0.05, 0) is 36.3 Å². The molecule has 5 nitrogen and oxygen atoms in total. The molecule has 1 fully saturated rings. The van der Waals surface area contributed by atoms with Gasteiger partial charge in [-0.15, -0.1) is 0 Å². The van der Waals surface area contributed by atoms with Crippen LogP contribution in [0.15, 0.2) is 36.8 Å². The van der Waals surface area contributed by atoms with E-state index in [1.54, 1.807) is 6.20 Å². The molecule has 1 amide bonds. The van der Waals surface area contributed by atoms with E-state index in [-0.39, 0.29) is 5.91 Å². The Balaban J connectivity index is 1.31. The van der Waals surface area contributed by atoms with Gasteiger partial charge in [0.05, 0.1) is 6.20 Å². The minimum absolute atomic E-state index is 0.290. The van der Waals surface area contributed by atoms with E-state index < -0.39 is 0 Å². The number of carbonyl (C=O) groups is 1. The second-order valence-electron chi connectivity index (χ2n) is 7.16. The van der Waals surface area contributed by atoms with Crippen LogP contribution in [0.2, 0.25) is 5.02 Å². The van der Waals surface area contributed by atoms with E-state index in [9.17, 15) is 4.79 Å². The number of halogens is 1. The van der Waals surface area contributed by atoms with Crippen molar-refractivity contribution in [2.24, 2.45) is 5.92 Å². The lowest BCUT2D eigenvalue weighted by Crippen LogP contribution is -2.39. The molecular weight excluding hydrogens is 348 g/mol. The highest BCUT2D eigenvalue weighted by Gasteiger charge is 2.27. The van der Waals surface area contributed by atoms with Crippen LogP contribution >= 0.6 is 11.6 Å². The van der Waals surface area contributed by atoms with E-state index in [2.05, 4.69) is 39.1 Å². The minimum atomic E-state index is 0.290. The molecule has 4 rings (SSSR count). The molecule has 0 saturated carbocycles. The first-order chi connectivity index (χ1) is 12.7. The number of nitrogens with zero attached hydrogens (tertiary/aromatic N) is 4. The summed E-state index contributed by atoms with van der Waals surface area (Å²) >= 11 is 6.19. The number of rotatable bonds is 3. The van der Waals surface area contributed by atoms with Gasteiger partial charge in [-0.1, -0.05) is 35.9 Å². The lowest BCUT2D eigenvalue weighted by Gasteiger charge is -2.34. The number of hydrogen-bond donors (Lipinski definition) is 0. The van der Waals surface area contributed by atoms with E-state index >= 15 is 0 Å². The van der Waals surface area contributed by atoms with Crippen LogP contribution in [0, 0.1) is 5.92 Å². The summed E-state index contributed by atoms with van der Waals surface area (Å²) in [5.74, 6) is 1.54. The highest BCUT2D eigenvalue weighted by Crippen LogP contribution is 2.29. The Morgan fingerprint density at radius 1 is 1.15 bits per heavy atom. The van der Waals surface area contributed by atoms with Crippen molar-refractivity contribution in [3.05, 3.63) is 52.9 Å². The fourth-order valence-corrected chi connectivity index (χ4v) is 4.20. The fraction of sp³-hybridized carbons (Fsp3) is 0.450. The summed E-state index contributed by atoms with van der Waals surface area (Å²) in [4.78, 5) is 25.2. The van der Waals surface area contributed by atoms with Gasteiger partial charge in [0.1, 0.15) is 11.3 Å². The predicted molar refractivity (Wildman–Crippen MR) is 102 cm³/mol. The Morgan fingerprint density at radius 2 is 1.92 bits per heavy atom. The Labute approximate surface area is 159 Å². The van der Waals surface area contributed by atoms with Gasteiger partial charge in [0, 0.05) is 32.6 Å². The Kier molecular flexibility index (Phi) is 5.07. The average Bonchev–Trinajstić information content (AvgIpc) is 2.69. The molecule has 0 atom stereocenters. The Morgan fingerprint density at radius 3 is 2.69 bits per heavy atom. The molecular formula is C20H23ClN4O. The zero-order valence-electron chi connectivity index (χ0n) is 14.8. The Bertz CT molecular complexity index is 789. The normalized spacial score (nSPS) is 17.9. The van der Waals surface area contributed by atoms with Crippen molar-refractivity contribution in [2.45, 2.75) is 32.2 Å². The van der Waals surface area contributed by atoms with Crippen LogP contribution in [0.3, 0.4) is 0 Å². The molecule has 6 heteroatoms. The van der Waals surface area contributed by atoms with Crippen molar-refractivity contribution < 1.29 is 4.79 Å². The predicted octanol–water partition coefficient (Wildman–Crippen LogP) is 3.32. The molecule has 136 valence electrons. The zero-order valence-corrected chi connectivity index (χ0v) is 15.5. The molecule has 3 heterocycles. The van der Waals surface area contributed by atoms with E-state index in [1.165, 1.54) is 17.5 Å². The Hall–Kier alpha value is -2.14. The number of benzene rings is 1. The van der Waals surface area contributed by atoms with Gasteiger partial charge in [-0.2, -0.15) is 0 Å². The maximum atomic E-state index is 12.8. The average molecular weight is 371 g/mol. The number of carbonyl (C=O) groups excluding carboxylic acids is 1. The molecule has 0 radical (unpaired) electrons. The van der Waals surface area contributed by atoms with E-state index in [0.29, 0.717) is 17.4 Å². The summed E-state index contributed by atoms with van der Waals surface area (Å²) in [6.07, 6.45) is 6.77. The van der Waals surface area contributed by atoms with Gasteiger partial charge < -0.3 is 9.80 Å². The highest BCUT2D eigenvalue weighted by molar-refractivity contribution is 6.32. The van der Waals surface area contributed by atoms with Gasteiger partial charge in [-0.3, -0.25) is 4.79 Å². The maximum Gasteiger partial charge on any atom is 0.223 e. The number of hydrogen-bond acceptors (Lipinski definition) is 4. The number of anilines is 1. The summed E-state index contributed by atoms with van der Waals surface area (Å²) in [6.45, 7) is 3.37. The van der Waals surface area contributed by atoms with Crippen LogP contribution in [-0.4, -0.2) is 40.4 Å². The fourth-order valence-electron chi connectivity index (χ4n) is 3.97. The third-order valence-corrected chi connectivity index (χ3v) is 5.78. The van der Waals surface area contributed by atoms with Gasteiger partial charge in [0.25, 0.3) is 0 Å². The molecule has 0 N–H and O–H groups in total. The second kappa shape index (κ2) is 7.62. The lowest BCUT2D eigenvalue weighted by atomic mass is 9.92. The summed E-state index contributed by atoms with van der Waals surface area (Å²) < 4.78 is 0. The van der Waals surface area contributed by atoms with E-state index in [4.69, 9.17) is 11.6 Å². The van der Waals surface area contributed by atoms with Crippen molar-refractivity contribution in [1.82, 2.24) is 14.9 Å². The first-order valence-electron chi connectivity index (χ1n) is 9.25. The molecule has 2 aliphatic heterocycles. The molecule has 26 heavy (non-hydrogen) atoms. The van der Waals surface area contributed by atoms with Gasteiger partial charge in [0.15, 0.2) is 5.82 Å². The first kappa shape index (κ1) is 17.3. The third kappa shape index (κ3) is 3.68. The smallest absolute Gasteiger partial charge is 0.223 e. The lowest BCUT2D eigenvalue weighted by molar-refractivity contribution is -0.133. The molecule has 1 aromatic carbocycles. The van der Waals surface area contributed by atoms with Crippen molar-refractivity contribution in [3.63, 3.8) is 0 Å². The SMILES string of the molecule is O=C(CC1CCN(c2ncncc2Cl)CC1)N1CCc2ccccc2C1. The van der Waals surface area contributed by atoms with E-state index in [1.807, 2.05) is 4.90 Å². The van der Waals surface area contributed by atoms with Crippen LogP contribution in [-0.2, 0) is 17.8 Å². The van der Waals surface area contributed by atoms with Crippen LogP contribution in [0.5, 0.6) is 0 Å². The molecule has 0 unspecified atom stereocenters. The van der Waals surface area contributed by atoms with Crippen LogP contribution < -0.4 is 4.90 Å². The maximum absolute atomic E-state index is 12.8. The monoisotopic (exact) mass is 370 g/mol. The van der Waals surface area contributed by atoms with Gasteiger partial charge >= 0.3 is 0 Å². The third-order valence-electron chi connectivity index (χ3n) is 5.51. The molecule has 0 aliphatic carbocycles. The van der Waals surface area contributed by atoms with Crippen LogP contribution in [0.25, 0.3) is 0 Å². The summed E-state index contributed by atoms with van der Waals surface area (Å²) in [7, 11) is 0. The standard InChI is InChI=1S/C20H23ClN4O/c21-18-12-22-14-23-20(18)24-8-5-15(6-9-24)11-19(26)25-10-7-16-3-1-2-4-17(16)13-25/h1-4,12,14-15H,5-11,13H2. The summed E-state index contributed by atoms with van der Waals surface area (Å²) in [5, 5.41) is 0.592. The zero-order chi connectivity index (χ0) is 17.9. The molecule has 1 saturated heterocycles. The largest absolute Gasteiger partial charge is 0.355 e. The molecule has 0 bridgehead atoms. The molecule has 0 spiro atoms. The highest BCUT2D eigenvalue weighted by atomic mass is 35.5. The van der Waals surface area contributed by atoms with Gasteiger partial charge in [-0.25, -0.2) is 9.97 Å². The van der Waals surface area contributed by atoms with Crippen molar-refractivity contribution in [2.75, 3.05) is 24.5 Å². The minimum Gasteiger partial charge on any atom is -0.355 e. The van der Waals surface area contributed by atoms with Crippen molar-refractivity contribution in [1.29, 1.82) is 0 Å². The second-order valence-corrected chi connectivity index (χ2v) is 7.57. The number of amides is 1. The molecule has 2 aromatic rings. The van der Waals surface area contributed by atoms with Crippen LogP contribution in [0.4, 0.5) is 5.82 Å². The number of piperidine rings is 1. The summed E-state index contributed by atoms with van der Waals surface area (Å²) in [6, 6.07) is 8.44. The van der Waals surface area contributed by atoms with E-state index in [0.717, 1.165) is 51.3 Å². The van der Waals surface area contributed by atoms with Gasteiger partial charge in [0.2, 0.25) is 5.91 Å². The first-order valence-corrected chi connectivity index (χ1v) is 9.63. The topological polar surface area (TPSA) is 49.3 Å². The number of fused-ring (bicyclic) bond motifs is 1. The van der Waals surface area contributed by atoms with Crippen molar-refractivity contribution >= 4 is 23.3 Å². The quantitative estimate of drug-likeness (QED) is 0.831. The number of aromatic nitrogens is 2. The van der Waals surface area contributed by atoms with Crippen molar-refractivity contribution in [3.8, 4) is 0 Å². The van der Waals surface area contributed by atoms with Crippen LogP contribution in [0.1, 0.15) is 30.4 Å². The molecule has 1 aromatic heterocycles. The summed E-state index contributed by atoms with van der Waals surface area (Å²) in [5.41, 5.74) is 2.67. The molecule has 2 aliphatic rings.